The number of nitrogens with one attached hydrogen (secondary N) is 1. The third kappa shape index (κ3) is 71.6. The molecule has 0 heterocycles. The topological polar surface area (TPSA) is 114 Å². The molecule has 0 saturated heterocycles. The molecule has 0 saturated carbocycles. The van der Waals surface area contributed by atoms with Crippen molar-refractivity contribution < 1.29 is 37.3 Å². The molecule has 3 unspecified atom stereocenters. The number of rotatable bonds is 72. The number of hydrogen-bond donors (Lipinski definition) is 1. The van der Waals surface area contributed by atoms with E-state index in [0.717, 1.165) is 89.9 Å². The van der Waals surface area contributed by atoms with Gasteiger partial charge in [-0.25, -0.2) is 0 Å². The Labute approximate surface area is 565 Å². The van der Waals surface area contributed by atoms with Crippen molar-refractivity contribution in [1.29, 1.82) is 0 Å². The van der Waals surface area contributed by atoms with E-state index in [4.69, 9.17) is 13.8 Å². The number of carbonyl (C=O) groups is 2. The summed E-state index contributed by atoms with van der Waals surface area (Å²) < 4.78 is 30.5. The van der Waals surface area contributed by atoms with Crippen molar-refractivity contribution in [2.75, 3.05) is 40.9 Å². The minimum Gasteiger partial charge on any atom is -0.756 e. The highest BCUT2D eigenvalue weighted by atomic mass is 31.2. The molecular weight excluding hydrogens is 1140 g/mol. The molecule has 91 heavy (non-hydrogen) atoms. The SMILES string of the molecule is CC/C=C\C/C=C\C/C=C\C/C=C\C/C=C\CCCCCCCCCCCCCC(=O)OC(/C=C/CCCCCCCCCCC)C(COP(=O)([O-])OCC[N+](C)(C)C)NC(=O)CCCCCCCCCCCCCCCCCCCCCCCCCCCCC. The Bertz CT molecular complexity index is 1780. The third-order valence-electron chi connectivity index (χ3n) is 17.7. The van der Waals surface area contributed by atoms with Crippen LogP contribution in [0.2, 0.25) is 0 Å². The molecule has 0 aliphatic rings. The molecule has 532 valence electrons. The van der Waals surface area contributed by atoms with Crippen LogP contribution >= 0.6 is 7.82 Å². The van der Waals surface area contributed by atoms with Crippen molar-refractivity contribution in [2.24, 2.45) is 0 Å². The van der Waals surface area contributed by atoms with E-state index in [1.54, 1.807) is 0 Å². The van der Waals surface area contributed by atoms with E-state index < -0.39 is 20.0 Å². The van der Waals surface area contributed by atoms with Crippen LogP contribution in [0.4, 0.5) is 0 Å². The lowest BCUT2D eigenvalue weighted by Gasteiger charge is -2.30. The summed E-state index contributed by atoms with van der Waals surface area (Å²) in [5.74, 6) is -0.529. The molecule has 0 rings (SSSR count). The predicted octanol–water partition coefficient (Wildman–Crippen LogP) is 24.8. The van der Waals surface area contributed by atoms with Gasteiger partial charge < -0.3 is 28.5 Å². The lowest BCUT2D eigenvalue weighted by Crippen LogP contribution is -2.47. The summed E-state index contributed by atoms with van der Waals surface area (Å²) >= 11 is 0. The first-order valence-electron chi connectivity index (χ1n) is 39.2. The number of nitrogens with zero attached hydrogens (tertiary/aromatic N) is 1. The Morgan fingerprint density at radius 3 is 1.05 bits per heavy atom. The standard InChI is InChI=1S/C81H151N2O7P/c1-7-10-13-16-19-22-25-27-29-31-33-35-37-39-41-43-45-47-49-51-53-55-58-61-64-67-70-73-80(84)82-78(77-89-91(86,87)88-76-75-83(4,5)6)79(72-69-66-63-60-57-24-21-18-15-12-9-3)90-81(85)74-71-68-65-62-59-56-54-52-50-48-46-44-42-40-38-36-34-32-30-28-26-23-20-17-14-11-8-2/h11,14,20,23,28,30,34,36,40,42,69,72,78-79H,7-10,12-13,15-19,21-22,24-27,29,31-33,35,37-39,41,43-68,70-71,73-77H2,1-6H3,(H-,82,84,86,87)/b14-11-,23-20-,30-28-,36-34-,42-40-,72-69+. The zero-order valence-corrected chi connectivity index (χ0v) is 61.9. The van der Waals surface area contributed by atoms with Gasteiger partial charge in [-0.3, -0.25) is 14.2 Å². The molecular formula is C81H151N2O7P. The van der Waals surface area contributed by atoms with E-state index in [1.165, 1.54) is 257 Å². The number of esters is 1. The minimum atomic E-state index is -4.71. The molecule has 0 radical (unpaired) electrons. The molecule has 0 aromatic carbocycles. The summed E-state index contributed by atoms with van der Waals surface area (Å²) in [5.41, 5.74) is 0. The van der Waals surface area contributed by atoms with Crippen LogP contribution in [0, 0.1) is 0 Å². The fourth-order valence-electron chi connectivity index (χ4n) is 11.7. The monoisotopic (exact) mass is 1300 g/mol. The summed E-state index contributed by atoms with van der Waals surface area (Å²) in [4.78, 5) is 40.3. The lowest BCUT2D eigenvalue weighted by atomic mass is 10.0. The fraction of sp³-hybridized carbons (Fsp3) is 0.827. The van der Waals surface area contributed by atoms with Gasteiger partial charge in [0.05, 0.1) is 33.8 Å². The van der Waals surface area contributed by atoms with E-state index in [-0.39, 0.29) is 31.5 Å². The number of unbranched alkanes of at least 4 members (excludes halogenated alkanes) is 46. The Hall–Kier alpha value is -2.55. The van der Waals surface area contributed by atoms with Crippen LogP contribution in [0.1, 0.15) is 380 Å². The maximum atomic E-state index is 13.6. The van der Waals surface area contributed by atoms with Crippen LogP contribution in [0.15, 0.2) is 72.9 Å². The number of carbonyl (C=O) groups excluding carboxylic acids is 2. The zero-order valence-electron chi connectivity index (χ0n) is 61.1. The van der Waals surface area contributed by atoms with E-state index in [0.29, 0.717) is 17.4 Å². The molecule has 0 aliphatic carbocycles. The van der Waals surface area contributed by atoms with Crippen LogP contribution in [0.25, 0.3) is 0 Å². The van der Waals surface area contributed by atoms with Gasteiger partial charge in [0.1, 0.15) is 19.3 Å². The molecule has 0 aliphatic heterocycles. The van der Waals surface area contributed by atoms with Crippen molar-refractivity contribution in [3.8, 4) is 0 Å². The Kier molecular flexibility index (Phi) is 68.3. The molecule has 1 N–H and O–H groups in total. The average Bonchev–Trinajstić information content (AvgIpc) is 3.03. The van der Waals surface area contributed by atoms with Gasteiger partial charge in [-0.2, -0.15) is 0 Å². The van der Waals surface area contributed by atoms with Crippen molar-refractivity contribution in [1.82, 2.24) is 5.32 Å². The number of quaternary nitrogens is 1. The average molecular weight is 1300 g/mol. The Morgan fingerprint density at radius 1 is 0.396 bits per heavy atom. The number of likely N-dealkylation sites (N-methyl/N-ethyl adjacent to an activating group) is 1. The maximum absolute atomic E-state index is 13.6. The van der Waals surface area contributed by atoms with Crippen molar-refractivity contribution in [3.63, 3.8) is 0 Å². The Morgan fingerprint density at radius 2 is 0.703 bits per heavy atom. The van der Waals surface area contributed by atoms with E-state index in [1.807, 2.05) is 33.3 Å². The molecule has 0 bridgehead atoms. The van der Waals surface area contributed by atoms with Crippen LogP contribution in [-0.2, 0) is 27.9 Å². The first kappa shape index (κ1) is 88.5. The molecule has 0 aromatic rings. The third-order valence-corrected chi connectivity index (χ3v) is 18.6. The smallest absolute Gasteiger partial charge is 0.306 e. The number of ether oxygens (including phenoxy) is 1. The summed E-state index contributed by atoms with van der Waals surface area (Å²) in [5, 5.41) is 3.05. The van der Waals surface area contributed by atoms with Crippen LogP contribution in [-0.4, -0.2) is 69.4 Å². The predicted molar refractivity (Wildman–Crippen MR) is 395 cm³/mol. The molecule has 1 amide bonds. The van der Waals surface area contributed by atoms with E-state index in [2.05, 4.69) is 86.8 Å². The first-order chi connectivity index (χ1) is 44.4. The number of phosphoric acid groups is 1. The second kappa shape index (κ2) is 70.3. The van der Waals surface area contributed by atoms with Gasteiger partial charge in [0.15, 0.2) is 0 Å². The molecule has 9 nitrogen and oxygen atoms in total. The van der Waals surface area contributed by atoms with Crippen molar-refractivity contribution in [2.45, 2.75) is 392 Å². The normalized spacial score (nSPS) is 13.8. The van der Waals surface area contributed by atoms with Crippen molar-refractivity contribution in [3.05, 3.63) is 72.9 Å². The number of amides is 1. The molecule has 0 fully saturated rings. The Balaban J connectivity index is 4.88. The molecule has 0 spiro atoms. The fourth-order valence-corrected chi connectivity index (χ4v) is 12.4. The van der Waals surface area contributed by atoms with Crippen LogP contribution in [0.3, 0.4) is 0 Å². The molecule has 10 heteroatoms. The molecule has 3 atom stereocenters. The van der Waals surface area contributed by atoms with Gasteiger partial charge >= 0.3 is 5.97 Å². The van der Waals surface area contributed by atoms with Gasteiger partial charge in [0.2, 0.25) is 5.91 Å². The summed E-state index contributed by atoms with van der Waals surface area (Å²) in [7, 11) is 1.19. The van der Waals surface area contributed by atoms with E-state index >= 15 is 0 Å². The highest BCUT2D eigenvalue weighted by molar-refractivity contribution is 7.45. The first-order valence-corrected chi connectivity index (χ1v) is 40.7. The molecule has 0 aromatic heterocycles. The summed E-state index contributed by atoms with van der Waals surface area (Å²) in [6.45, 7) is 6.78. The summed E-state index contributed by atoms with van der Waals surface area (Å²) in [6, 6.07) is -0.891. The number of allylic oxidation sites excluding steroid dienone is 11. The van der Waals surface area contributed by atoms with Gasteiger partial charge in [0, 0.05) is 12.8 Å². The van der Waals surface area contributed by atoms with Gasteiger partial charge in [-0.05, 0) is 76.7 Å². The van der Waals surface area contributed by atoms with Crippen LogP contribution in [0.5, 0.6) is 0 Å². The highest BCUT2D eigenvalue weighted by Crippen LogP contribution is 2.38. The van der Waals surface area contributed by atoms with Gasteiger partial charge in [-0.15, -0.1) is 0 Å². The lowest BCUT2D eigenvalue weighted by molar-refractivity contribution is -0.870. The maximum Gasteiger partial charge on any atom is 0.306 e. The quantitative estimate of drug-likeness (QED) is 0.0212. The van der Waals surface area contributed by atoms with Crippen LogP contribution < -0.4 is 10.2 Å². The number of hydrogen-bond acceptors (Lipinski definition) is 7. The number of phosphoric ester groups is 1. The second-order valence-corrected chi connectivity index (χ2v) is 29.3. The summed E-state index contributed by atoms with van der Waals surface area (Å²) in [6.07, 6.45) is 93.4. The minimum absolute atomic E-state index is 0.0224. The van der Waals surface area contributed by atoms with E-state index in [9.17, 15) is 19.0 Å². The van der Waals surface area contributed by atoms with Gasteiger partial charge in [-0.1, -0.05) is 364 Å². The van der Waals surface area contributed by atoms with Gasteiger partial charge in [0.25, 0.3) is 7.82 Å². The highest BCUT2D eigenvalue weighted by Gasteiger charge is 2.27. The largest absolute Gasteiger partial charge is 0.756 e. The van der Waals surface area contributed by atoms with Crippen molar-refractivity contribution >= 4 is 19.7 Å². The zero-order chi connectivity index (χ0) is 66.3. The second-order valence-electron chi connectivity index (χ2n) is 27.8.